The van der Waals surface area contributed by atoms with Crippen molar-refractivity contribution in [2.24, 2.45) is 5.92 Å². The Kier molecular flexibility index (Phi) is 3.78. The summed E-state index contributed by atoms with van der Waals surface area (Å²) in [6.07, 6.45) is 3.54. The number of rotatable bonds is 5. The van der Waals surface area contributed by atoms with Gasteiger partial charge in [0.2, 0.25) is 0 Å². The van der Waals surface area contributed by atoms with E-state index in [2.05, 4.69) is 5.32 Å². The number of benzene rings is 1. The van der Waals surface area contributed by atoms with Gasteiger partial charge in [0.15, 0.2) is 6.61 Å². The van der Waals surface area contributed by atoms with Crippen molar-refractivity contribution in [1.82, 2.24) is 5.32 Å². The van der Waals surface area contributed by atoms with E-state index in [0.717, 1.165) is 13.0 Å². The summed E-state index contributed by atoms with van der Waals surface area (Å²) in [6, 6.07) is 7.16. The fraction of sp³-hybridized carbons (Fsp3) is 0.533. The molecule has 1 saturated carbocycles. The molecule has 0 radical (unpaired) electrons. The molecule has 0 bridgehead atoms. The number of ether oxygens (including phenoxy) is 2. The molecule has 1 aliphatic carbocycles. The van der Waals surface area contributed by atoms with Crippen molar-refractivity contribution in [3.8, 4) is 5.75 Å². The van der Waals surface area contributed by atoms with E-state index in [1.165, 1.54) is 12.8 Å². The highest BCUT2D eigenvalue weighted by molar-refractivity contribution is 5.78. The zero-order valence-electron chi connectivity index (χ0n) is 11.4. The van der Waals surface area contributed by atoms with E-state index in [1.54, 1.807) is 24.3 Å². The van der Waals surface area contributed by atoms with Crippen LogP contribution in [0.25, 0.3) is 0 Å². The number of hydrogen-bond acceptors (Lipinski definition) is 4. The molecule has 0 aromatic heterocycles. The lowest BCUT2D eigenvalue weighted by Gasteiger charge is -2.19. The molecule has 2 aliphatic rings. The van der Waals surface area contributed by atoms with Crippen LogP contribution in [0.5, 0.6) is 5.75 Å². The van der Waals surface area contributed by atoms with Crippen LogP contribution >= 0.6 is 0 Å². The lowest BCUT2D eigenvalue weighted by atomic mass is 10.1. The van der Waals surface area contributed by atoms with Gasteiger partial charge in [0, 0.05) is 12.3 Å². The number of hydrogen-bond donors (Lipinski definition) is 2. The predicted octanol–water partition coefficient (Wildman–Crippen LogP) is 1.33. The highest BCUT2D eigenvalue weighted by Gasteiger charge is 2.41. The highest BCUT2D eigenvalue weighted by atomic mass is 16.5. The summed E-state index contributed by atoms with van der Waals surface area (Å²) in [6.45, 7) is 0.767. The molecule has 1 heterocycles. The highest BCUT2D eigenvalue weighted by Crippen LogP contribution is 2.38. The molecule has 1 amide bonds. The van der Waals surface area contributed by atoms with Crippen molar-refractivity contribution in [2.75, 3.05) is 18.9 Å². The average molecular weight is 276 g/mol. The zero-order chi connectivity index (χ0) is 13.9. The number of carbonyl (C=O) groups is 1. The Morgan fingerprint density at radius 2 is 2.05 bits per heavy atom. The third kappa shape index (κ3) is 3.22. The average Bonchev–Trinajstić information content (AvgIpc) is 3.19. The first-order chi connectivity index (χ1) is 9.72. The molecular formula is C15H20N2O3. The molecule has 1 saturated heterocycles. The van der Waals surface area contributed by atoms with Gasteiger partial charge < -0.3 is 20.5 Å². The van der Waals surface area contributed by atoms with E-state index in [9.17, 15) is 4.79 Å². The summed E-state index contributed by atoms with van der Waals surface area (Å²) in [5.41, 5.74) is 6.27. The number of anilines is 1. The molecule has 5 nitrogen and oxygen atoms in total. The molecule has 2 fully saturated rings. The largest absolute Gasteiger partial charge is 0.484 e. The third-order valence-electron chi connectivity index (χ3n) is 3.82. The van der Waals surface area contributed by atoms with E-state index in [0.29, 0.717) is 17.4 Å². The zero-order valence-corrected chi connectivity index (χ0v) is 11.4. The van der Waals surface area contributed by atoms with Gasteiger partial charge in [-0.3, -0.25) is 4.79 Å². The summed E-state index contributed by atoms with van der Waals surface area (Å²) >= 11 is 0. The molecule has 3 N–H and O–H groups in total. The monoisotopic (exact) mass is 276 g/mol. The van der Waals surface area contributed by atoms with Gasteiger partial charge in [-0.05, 0) is 49.4 Å². The maximum atomic E-state index is 11.9. The van der Waals surface area contributed by atoms with Gasteiger partial charge in [0.1, 0.15) is 5.75 Å². The second-order valence-corrected chi connectivity index (χ2v) is 5.49. The van der Waals surface area contributed by atoms with Crippen molar-refractivity contribution < 1.29 is 14.3 Å². The molecule has 5 heteroatoms. The molecule has 1 aromatic rings. The summed E-state index contributed by atoms with van der Waals surface area (Å²) in [5.74, 6) is 1.19. The quantitative estimate of drug-likeness (QED) is 0.796. The summed E-state index contributed by atoms with van der Waals surface area (Å²) in [5, 5.41) is 3.02. The van der Waals surface area contributed by atoms with Crippen LogP contribution in [0.3, 0.4) is 0 Å². The maximum absolute atomic E-state index is 11.9. The fourth-order valence-electron chi connectivity index (χ4n) is 2.62. The molecule has 2 atom stereocenters. The predicted molar refractivity (Wildman–Crippen MR) is 75.4 cm³/mol. The Bertz CT molecular complexity index is 471. The van der Waals surface area contributed by atoms with Crippen LogP contribution in [0.15, 0.2) is 24.3 Å². The lowest BCUT2D eigenvalue weighted by molar-refractivity contribution is -0.124. The lowest BCUT2D eigenvalue weighted by Crippen LogP contribution is -2.43. The first-order valence-corrected chi connectivity index (χ1v) is 7.11. The van der Waals surface area contributed by atoms with E-state index >= 15 is 0 Å². The molecule has 2 unspecified atom stereocenters. The molecule has 108 valence electrons. The van der Waals surface area contributed by atoms with Gasteiger partial charge in [-0.25, -0.2) is 0 Å². The smallest absolute Gasteiger partial charge is 0.258 e. The molecule has 1 aliphatic heterocycles. The standard InChI is InChI=1S/C15H20N2O3/c16-11-3-5-12(6-4-11)20-9-14(18)17-13-7-8-19-15(13)10-1-2-10/h3-6,10,13,15H,1-2,7-9,16H2,(H,17,18). The van der Waals surface area contributed by atoms with Crippen molar-refractivity contribution in [1.29, 1.82) is 0 Å². The first kappa shape index (κ1) is 13.2. The van der Waals surface area contributed by atoms with Crippen LogP contribution in [0, 0.1) is 5.92 Å². The Morgan fingerprint density at radius 3 is 2.75 bits per heavy atom. The van der Waals surface area contributed by atoms with Crippen LogP contribution in [0.1, 0.15) is 19.3 Å². The van der Waals surface area contributed by atoms with Gasteiger partial charge in [-0.2, -0.15) is 0 Å². The minimum Gasteiger partial charge on any atom is -0.484 e. The van der Waals surface area contributed by atoms with Crippen LogP contribution < -0.4 is 15.8 Å². The topological polar surface area (TPSA) is 73.6 Å². The van der Waals surface area contributed by atoms with E-state index in [-0.39, 0.29) is 24.7 Å². The first-order valence-electron chi connectivity index (χ1n) is 7.11. The molecule has 0 spiro atoms. The van der Waals surface area contributed by atoms with Gasteiger partial charge in [-0.15, -0.1) is 0 Å². The van der Waals surface area contributed by atoms with Crippen molar-refractivity contribution in [3.05, 3.63) is 24.3 Å². The summed E-state index contributed by atoms with van der Waals surface area (Å²) < 4.78 is 11.1. The van der Waals surface area contributed by atoms with Crippen LogP contribution in [0.4, 0.5) is 5.69 Å². The third-order valence-corrected chi connectivity index (χ3v) is 3.82. The molecule has 3 rings (SSSR count). The number of nitrogens with one attached hydrogen (secondary N) is 1. The number of amides is 1. The van der Waals surface area contributed by atoms with Gasteiger partial charge >= 0.3 is 0 Å². The minimum atomic E-state index is -0.0945. The molecular weight excluding hydrogens is 256 g/mol. The summed E-state index contributed by atoms with van der Waals surface area (Å²) in [7, 11) is 0. The number of nitrogen functional groups attached to an aromatic ring is 1. The van der Waals surface area contributed by atoms with Crippen molar-refractivity contribution in [3.63, 3.8) is 0 Å². The van der Waals surface area contributed by atoms with Crippen LogP contribution in [0.2, 0.25) is 0 Å². The Labute approximate surface area is 118 Å². The van der Waals surface area contributed by atoms with E-state index in [4.69, 9.17) is 15.2 Å². The number of nitrogens with two attached hydrogens (primary N) is 1. The molecule has 20 heavy (non-hydrogen) atoms. The van der Waals surface area contributed by atoms with Gasteiger partial charge in [0.05, 0.1) is 12.1 Å². The summed E-state index contributed by atoms with van der Waals surface area (Å²) in [4.78, 5) is 11.9. The van der Waals surface area contributed by atoms with Gasteiger partial charge in [0.25, 0.3) is 5.91 Å². The van der Waals surface area contributed by atoms with E-state index in [1.807, 2.05) is 0 Å². The Morgan fingerprint density at radius 1 is 1.30 bits per heavy atom. The Hall–Kier alpha value is -1.75. The van der Waals surface area contributed by atoms with Crippen molar-refractivity contribution >= 4 is 11.6 Å². The molecule has 1 aromatic carbocycles. The van der Waals surface area contributed by atoms with Crippen LogP contribution in [-0.4, -0.2) is 31.3 Å². The number of carbonyl (C=O) groups excluding carboxylic acids is 1. The SMILES string of the molecule is Nc1ccc(OCC(=O)NC2CCOC2C2CC2)cc1. The maximum Gasteiger partial charge on any atom is 0.258 e. The second-order valence-electron chi connectivity index (χ2n) is 5.49. The van der Waals surface area contributed by atoms with Crippen LogP contribution in [-0.2, 0) is 9.53 Å². The normalized spacial score (nSPS) is 25.4. The van der Waals surface area contributed by atoms with Crippen molar-refractivity contribution in [2.45, 2.75) is 31.4 Å². The van der Waals surface area contributed by atoms with E-state index < -0.39 is 0 Å². The Balaban J connectivity index is 1.46. The second kappa shape index (κ2) is 5.71. The minimum absolute atomic E-state index is 0.0256. The van der Waals surface area contributed by atoms with Gasteiger partial charge in [-0.1, -0.05) is 0 Å². The fourth-order valence-corrected chi connectivity index (χ4v) is 2.62.